The third kappa shape index (κ3) is 3.90. The van der Waals surface area contributed by atoms with Crippen LogP contribution in [0.3, 0.4) is 0 Å². The topological polar surface area (TPSA) is 86.1 Å². The van der Waals surface area contributed by atoms with Gasteiger partial charge < -0.3 is 10.1 Å². The van der Waals surface area contributed by atoms with Crippen LogP contribution in [0.4, 0.5) is 11.6 Å². The summed E-state index contributed by atoms with van der Waals surface area (Å²) in [5.74, 6) is 2.44. The Hall–Kier alpha value is -2.87. The van der Waals surface area contributed by atoms with E-state index < -0.39 is 9.84 Å². The zero-order valence-electron chi connectivity index (χ0n) is 13.2. The molecule has 2 aromatic heterocycles. The zero-order chi connectivity index (χ0) is 17.2. The molecule has 2 heterocycles. The first kappa shape index (κ1) is 16.0. The van der Waals surface area contributed by atoms with Crippen LogP contribution in [0.25, 0.3) is 0 Å². The second-order valence-electron chi connectivity index (χ2n) is 5.22. The molecule has 1 aromatic carbocycles. The van der Waals surface area contributed by atoms with Gasteiger partial charge in [-0.3, -0.25) is 4.68 Å². The lowest BCUT2D eigenvalue weighted by molar-refractivity contribution is 0.480. The van der Waals surface area contributed by atoms with Crippen molar-refractivity contribution in [3.63, 3.8) is 0 Å². The minimum absolute atomic E-state index is 0.253. The number of sulfone groups is 1. The predicted octanol–water partition coefficient (Wildman–Crippen LogP) is 2.75. The van der Waals surface area contributed by atoms with Gasteiger partial charge in [-0.15, -0.1) is 0 Å². The fraction of sp³-hybridized carbons (Fsp3) is 0.125. The van der Waals surface area contributed by atoms with Crippen molar-refractivity contribution in [2.45, 2.75) is 4.90 Å². The lowest BCUT2D eigenvalue weighted by Crippen LogP contribution is -1.97. The third-order valence-corrected chi connectivity index (χ3v) is 4.32. The highest BCUT2D eigenvalue weighted by molar-refractivity contribution is 7.90. The molecule has 24 heavy (non-hydrogen) atoms. The summed E-state index contributed by atoms with van der Waals surface area (Å²) in [6.07, 6.45) is 4.58. The molecule has 0 aliphatic rings. The van der Waals surface area contributed by atoms with Crippen LogP contribution in [0.1, 0.15) is 0 Å². The summed E-state index contributed by atoms with van der Waals surface area (Å²) in [5, 5.41) is 7.28. The average Bonchev–Trinajstić information content (AvgIpc) is 2.94. The van der Waals surface area contributed by atoms with Crippen molar-refractivity contribution in [3.05, 3.63) is 54.9 Å². The zero-order valence-corrected chi connectivity index (χ0v) is 14.0. The fourth-order valence-corrected chi connectivity index (χ4v) is 2.65. The number of aryl methyl sites for hydroxylation is 1. The van der Waals surface area contributed by atoms with E-state index in [9.17, 15) is 8.42 Å². The molecule has 124 valence electrons. The first-order chi connectivity index (χ1) is 11.4. The fourth-order valence-electron chi connectivity index (χ4n) is 2.02. The molecule has 3 aromatic rings. The van der Waals surface area contributed by atoms with E-state index in [0.29, 0.717) is 23.1 Å². The SMILES string of the molecule is Cn1ccc(Nc2ccc(Oc3ccc(S(C)(=O)=O)cc3)cn2)n1. The molecular weight excluding hydrogens is 328 g/mol. The van der Waals surface area contributed by atoms with Gasteiger partial charge in [0, 0.05) is 25.6 Å². The van der Waals surface area contributed by atoms with Crippen molar-refractivity contribution in [2.75, 3.05) is 11.6 Å². The molecule has 0 aliphatic carbocycles. The van der Waals surface area contributed by atoms with Gasteiger partial charge in [-0.2, -0.15) is 5.10 Å². The highest BCUT2D eigenvalue weighted by atomic mass is 32.2. The summed E-state index contributed by atoms with van der Waals surface area (Å²) in [5.41, 5.74) is 0. The van der Waals surface area contributed by atoms with E-state index in [0.717, 1.165) is 0 Å². The Bertz CT molecular complexity index is 932. The molecule has 0 saturated carbocycles. The molecular formula is C16H16N4O3S. The van der Waals surface area contributed by atoms with Gasteiger partial charge in [0.25, 0.3) is 0 Å². The van der Waals surface area contributed by atoms with E-state index in [1.54, 1.807) is 35.1 Å². The number of rotatable bonds is 5. The Morgan fingerprint density at radius 3 is 2.25 bits per heavy atom. The molecule has 3 rings (SSSR count). The summed E-state index contributed by atoms with van der Waals surface area (Å²) >= 11 is 0. The van der Waals surface area contributed by atoms with E-state index in [1.807, 2.05) is 19.3 Å². The Balaban J connectivity index is 1.67. The largest absolute Gasteiger partial charge is 0.456 e. The van der Waals surface area contributed by atoms with Gasteiger partial charge in [0.05, 0.1) is 11.1 Å². The molecule has 0 unspecified atom stereocenters. The van der Waals surface area contributed by atoms with Gasteiger partial charge in [-0.1, -0.05) is 0 Å². The maximum atomic E-state index is 11.4. The van der Waals surface area contributed by atoms with Gasteiger partial charge in [0.15, 0.2) is 15.7 Å². The van der Waals surface area contributed by atoms with Crippen LogP contribution in [0, 0.1) is 0 Å². The van der Waals surface area contributed by atoms with Crippen LogP contribution in [0.2, 0.25) is 0 Å². The molecule has 0 bridgehead atoms. The van der Waals surface area contributed by atoms with Crippen molar-refractivity contribution in [2.24, 2.45) is 7.05 Å². The van der Waals surface area contributed by atoms with Crippen molar-refractivity contribution >= 4 is 21.5 Å². The maximum absolute atomic E-state index is 11.4. The van der Waals surface area contributed by atoms with Gasteiger partial charge in [-0.05, 0) is 36.4 Å². The number of hydrogen-bond acceptors (Lipinski definition) is 6. The highest BCUT2D eigenvalue weighted by Gasteiger charge is 2.07. The van der Waals surface area contributed by atoms with Crippen LogP contribution in [-0.2, 0) is 16.9 Å². The molecule has 0 atom stereocenters. The second-order valence-corrected chi connectivity index (χ2v) is 7.24. The Morgan fingerprint density at radius 1 is 1.00 bits per heavy atom. The summed E-state index contributed by atoms with van der Waals surface area (Å²) in [6.45, 7) is 0. The number of nitrogens with one attached hydrogen (secondary N) is 1. The van der Waals surface area contributed by atoms with E-state index in [4.69, 9.17) is 4.74 Å². The third-order valence-electron chi connectivity index (χ3n) is 3.19. The number of ether oxygens (including phenoxy) is 1. The van der Waals surface area contributed by atoms with Gasteiger partial charge in [-0.25, -0.2) is 13.4 Å². The van der Waals surface area contributed by atoms with Gasteiger partial charge >= 0.3 is 0 Å². The van der Waals surface area contributed by atoms with E-state index in [-0.39, 0.29) is 4.90 Å². The van der Waals surface area contributed by atoms with Crippen molar-refractivity contribution in [1.82, 2.24) is 14.8 Å². The van der Waals surface area contributed by atoms with E-state index in [1.165, 1.54) is 18.4 Å². The summed E-state index contributed by atoms with van der Waals surface area (Å²) in [7, 11) is -1.37. The minimum atomic E-state index is -3.21. The van der Waals surface area contributed by atoms with E-state index >= 15 is 0 Å². The Kier molecular flexibility index (Phi) is 4.22. The number of anilines is 2. The summed E-state index contributed by atoms with van der Waals surface area (Å²) < 4.78 is 30.2. The summed E-state index contributed by atoms with van der Waals surface area (Å²) in [6, 6.07) is 11.6. The molecule has 0 fully saturated rings. The average molecular weight is 344 g/mol. The van der Waals surface area contributed by atoms with E-state index in [2.05, 4.69) is 15.4 Å². The highest BCUT2D eigenvalue weighted by Crippen LogP contribution is 2.23. The molecule has 1 N–H and O–H groups in total. The van der Waals surface area contributed by atoms with Crippen molar-refractivity contribution in [1.29, 1.82) is 0 Å². The lowest BCUT2D eigenvalue weighted by Gasteiger charge is -2.07. The molecule has 7 nitrogen and oxygen atoms in total. The number of hydrogen-bond donors (Lipinski definition) is 1. The molecule has 0 spiro atoms. The smallest absolute Gasteiger partial charge is 0.175 e. The molecule has 0 radical (unpaired) electrons. The van der Waals surface area contributed by atoms with Gasteiger partial charge in [0.1, 0.15) is 17.3 Å². The number of aromatic nitrogens is 3. The van der Waals surface area contributed by atoms with Crippen molar-refractivity contribution < 1.29 is 13.2 Å². The predicted molar refractivity (Wildman–Crippen MR) is 90.4 cm³/mol. The van der Waals surface area contributed by atoms with Crippen LogP contribution in [0.5, 0.6) is 11.5 Å². The second kappa shape index (κ2) is 6.32. The first-order valence-corrected chi connectivity index (χ1v) is 9.00. The van der Waals surface area contributed by atoms with Crippen LogP contribution in [-0.4, -0.2) is 29.4 Å². The normalized spacial score (nSPS) is 11.2. The van der Waals surface area contributed by atoms with Crippen LogP contribution in [0.15, 0.2) is 59.8 Å². The quantitative estimate of drug-likeness (QED) is 0.766. The number of nitrogens with zero attached hydrogens (tertiary/aromatic N) is 3. The van der Waals surface area contributed by atoms with Crippen molar-refractivity contribution in [3.8, 4) is 11.5 Å². The molecule has 8 heteroatoms. The first-order valence-electron chi connectivity index (χ1n) is 7.11. The minimum Gasteiger partial charge on any atom is -0.456 e. The Morgan fingerprint density at radius 2 is 1.71 bits per heavy atom. The molecule has 0 aliphatic heterocycles. The monoisotopic (exact) mass is 344 g/mol. The summed E-state index contributed by atoms with van der Waals surface area (Å²) in [4.78, 5) is 4.51. The Labute approximate surface area is 139 Å². The standard InChI is InChI=1S/C16H16N4O3S/c1-20-10-9-16(19-20)18-15-8-5-13(11-17-15)23-12-3-6-14(7-4-12)24(2,21)22/h3-11H,1-2H3,(H,17,18,19). The molecule has 0 saturated heterocycles. The molecule has 0 amide bonds. The lowest BCUT2D eigenvalue weighted by atomic mass is 10.3. The number of pyridine rings is 1. The van der Waals surface area contributed by atoms with Crippen LogP contribution < -0.4 is 10.1 Å². The van der Waals surface area contributed by atoms with Crippen LogP contribution >= 0.6 is 0 Å². The van der Waals surface area contributed by atoms with Gasteiger partial charge in [0.2, 0.25) is 0 Å². The maximum Gasteiger partial charge on any atom is 0.175 e. The number of benzene rings is 1.